The van der Waals surface area contributed by atoms with Crippen molar-refractivity contribution in [3.8, 4) is 22.8 Å². The van der Waals surface area contributed by atoms with Crippen LogP contribution in [0.2, 0.25) is 0 Å². The average molecular weight is 467 g/mol. The van der Waals surface area contributed by atoms with E-state index in [1.807, 2.05) is 36.4 Å². The minimum absolute atomic E-state index is 0.158. The number of nitrogens with two attached hydrogens (primary N) is 1. The molecule has 2 aromatic heterocycles. The molecule has 1 aliphatic heterocycles. The third-order valence-electron chi connectivity index (χ3n) is 5.05. The molecule has 0 aliphatic carbocycles. The van der Waals surface area contributed by atoms with Crippen LogP contribution >= 0.6 is 0 Å². The largest absolute Gasteiger partial charge is 0.486 e. The van der Waals surface area contributed by atoms with Gasteiger partial charge in [-0.05, 0) is 54.6 Å². The van der Waals surface area contributed by atoms with Crippen molar-refractivity contribution in [1.29, 1.82) is 0 Å². The quantitative estimate of drug-likeness (QED) is 0.377. The van der Waals surface area contributed by atoms with E-state index < -0.39 is 10.0 Å². The molecule has 11 heteroatoms. The molecule has 0 saturated carbocycles. The zero-order valence-corrected chi connectivity index (χ0v) is 18.4. The highest BCUT2D eigenvalue weighted by Crippen LogP contribution is 2.34. The van der Waals surface area contributed by atoms with Crippen LogP contribution in [0, 0.1) is 0 Å². The first kappa shape index (κ1) is 21.2. The summed E-state index contributed by atoms with van der Waals surface area (Å²) >= 11 is 0. The lowest BCUT2D eigenvalue weighted by atomic mass is 10.1. The molecule has 2 aromatic carbocycles. The third-order valence-corrected chi connectivity index (χ3v) is 6.53. The molecule has 0 fully saturated rings. The van der Waals surface area contributed by atoms with Crippen molar-refractivity contribution in [2.45, 2.75) is 4.90 Å². The zero-order valence-electron chi connectivity index (χ0n) is 17.6. The Hall–Kier alpha value is -3.67. The third kappa shape index (κ3) is 4.33. The number of hydrogen-bond acceptors (Lipinski definition) is 8. The van der Waals surface area contributed by atoms with Gasteiger partial charge in [-0.15, -0.1) is 5.10 Å². The summed E-state index contributed by atoms with van der Waals surface area (Å²) in [5.74, 6) is 1.81. The van der Waals surface area contributed by atoms with Crippen LogP contribution in [0.5, 0.6) is 11.5 Å². The van der Waals surface area contributed by atoms with Crippen LogP contribution in [0.25, 0.3) is 16.9 Å². The molecule has 5 rings (SSSR count). The van der Waals surface area contributed by atoms with Crippen molar-refractivity contribution in [3.63, 3.8) is 0 Å². The molecule has 3 heterocycles. The molecule has 4 aromatic rings. The van der Waals surface area contributed by atoms with Gasteiger partial charge in [0.05, 0.1) is 10.6 Å². The van der Waals surface area contributed by atoms with E-state index in [9.17, 15) is 8.42 Å². The second-order valence-electron chi connectivity index (χ2n) is 7.31. The average Bonchev–Trinajstić information content (AvgIpc) is 3.25. The number of anilines is 2. The maximum absolute atomic E-state index is 12.2. The van der Waals surface area contributed by atoms with Gasteiger partial charge in [-0.2, -0.15) is 4.98 Å². The van der Waals surface area contributed by atoms with Gasteiger partial charge in [-0.3, -0.25) is 0 Å². The van der Waals surface area contributed by atoms with E-state index in [4.69, 9.17) is 15.2 Å². The van der Waals surface area contributed by atoms with E-state index >= 15 is 0 Å². The van der Waals surface area contributed by atoms with E-state index in [1.165, 1.54) is 12.1 Å². The molecule has 10 nitrogen and oxygen atoms in total. The van der Waals surface area contributed by atoms with Crippen molar-refractivity contribution in [2.24, 2.45) is 5.73 Å². The fourth-order valence-corrected chi connectivity index (χ4v) is 4.55. The summed E-state index contributed by atoms with van der Waals surface area (Å²) in [5, 5.41) is 7.71. The van der Waals surface area contributed by atoms with Gasteiger partial charge < -0.3 is 20.5 Å². The molecule has 1 aliphatic rings. The summed E-state index contributed by atoms with van der Waals surface area (Å²) in [5.41, 5.74) is 8.45. The smallest absolute Gasteiger partial charge is 0.247 e. The number of rotatable bonds is 7. The van der Waals surface area contributed by atoms with E-state index in [2.05, 4.69) is 20.1 Å². The predicted octanol–water partition coefficient (Wildman–Crippen LogP) is 2.15. The van der Waals surface area contributed by atoms with Crippen LogP contribution < -0.4 is 25.2 Å². The van der Waals surface area contributed by atoms with Gasteiger partial charge in [0, 0.05) is 24.3 Å². The minimum atomic E-state index is -3.59. The monoisotopic (exact) mass is 466 g/mol. The Morgan fingerprint density at radius 3 is 2.58 bits per heavy atom. The number of pyridine rings is 1. The first-order valence-corrected chi connectivity index (χ1v) is 11.8. The fraction of sp³-hybridized carbons (Fsp3) is 0.182. The first-order chi connectivity index (χ1) is 16.0. The number of ether oxygens (including phenoxy) is 2. The van der Waals surface area contributed by atoms with Crippen LogP contribution in [-0.2, 0) is 10.0 Å². The van der Waals surface area contributed by atoms with Crippen LogP contribution in [0.1, 0.15) is 0 Å². The van der Waals surface area contributed by atoms with Gasteiger partial charge in [0.2, 0.25) is 16.0 Å². The van der Waals surface area contributed by atoms with Gasteiger partial charge in [-0.25, -0.2) is 17.7 Å². The standard InChI is InChI=1S/C22H22N6O4S/c23-10-11-24-33(29,30)17-7-5-16(6-8-17)25-22-26-21-3-1-2-18(28(21)27-22)15-4-9-19-20(14-15)32-13-12-31-19/h1-9,14,24H,10-13,23H2,(H,25,27). The summed E-state index contributed by atoms with van der Waals surface area (Å²) < 4.78 is 39.9. The highest BCUT2D eigenvalue weighted by Gasteiger charge is 2.16. The molecule has 0 radical (unpaired) electrons. The SMILES string of the molecule is NCCNS(=O)(=O)c1ccc(Nc2nc3cccc(-c4ccc5c(c4)OCCO5)n3n2)cc1. The van der Waals surface area contributed by atoms with Gasteiger partial charge >= 0.3 is 0 Å². The maximum atomic E-state index is 12.2. The lowest BCUT2D eigenvalue weighted by Gasteiger charge is -2.19. The summed E-state index contributed by atoms with van der Waals surface area (Å²) in [6, 6.07) is 17.8. The van der Waals surface area contributed by atoms with Gasteiger partial charge in [0.15, 0.2) is 17.1 Å². The Labute approximate surface area is 190 Å². The second-order valence-corrected chi connectivity index (χ2v) is 9.08. The minimum Gasteiger partial charge on any atom is -0.486 e. The van der Waals surface area contributed by atoms with Gasteiger partial charge in [0.25, 0.3) is 0 Å². The number of aromatic nitrogens is 3. The lowest BCUT2D eigenvalue weighted by molar-refractivity contribution is 0.171. The van der Waals surface area contributed by atoms with E-state index in [0.29, 0.717) is 36.2 Å². The predicted molar refractivity (Wildman–Crippen MR) is 123 cm³/mol. The Bertz CT molecular complexity index is 1400. The molecule has 0 amide bonds. The second kappa shape index (κ2) is 8.70. The van der Waals surface area contributed by atoms with Crippen molar-refractivity contribution in [2.75, 3.05) is 31.6 Å². The molecular weight excluding hydrogens is 444 g/mol. The van der Waals surface area contributed by atoms with E-state index in [0.717, 1.165) is 17.0 Å². The summed E-state index contributed by atoms with van der Waals surface area (Å²) in [4.78, 5) is 4.69. The zero-order chi connectivity index (χ0) is 22.8. The Morgan fingerprint density at radius 2 is 1.79 bits per heavy atom. The molecular formula is C22H22N6O4S. The van der Waals surface area contributed by atoms with Crippen LogP contribution in [0.15, 0.2) is 65.6 Å². The number of hydrogen-bond donors (Lipinski definition) is 3. The van der Waals surface area contributed by atoms with Crippen molar-refractivity contribution in [3.05, 3.63) is 60.7 Å². The van der Waals surface area contributed by atoms with E-state index in [1.54, 1.807) is 16.6 Å². The Kier molecular flexibility index (Phi) is 5.58. The topological polar surface area (TPSA) is 133 Å². The molecule has 170 valence electrons. The van der Waals surface area contributed by atoms with Gasteiger partial charge in [0.1, 0.15) is 13.2 Å². The number of benzene rings is 2. The lowest BCUT2D eigenvalue weighted by Crippen LogP contribution is -2.29. The van der Waals surface area contributed by atoms with Crippen molar-refractivity contribution >= 4 is 27.3 Å². The van der Waals surface area contributed by atoms with Gasteiger partial charge in [-0.1, -0.05) is 6.07 Å². The fourth-order valence-electron chi connectivity index (χ4n) is 3.50. The summed E-state index contributed by atoms with van der Waals surface area (Å²) in [7, 11) is -3.59. The molecule has 0 bridgehead atoms. The highest BCUT2D eigenvalue weighted by molar-refractivity contribution is 7.89. The number of fused-ring (bicyclic) bond motifs is 2. The maximum Gasteiger partial charge on any atom is 0.247 e. The van der Waals surface area contributed by atoms with Crippen LogP contribution in [0.4, 0.5) is 11.6 Å². The molecule has 4 N–H and O–H groups in total. The van der Waals surface area contributed by atoms with Crippen LogP contribution in [-0.4, -0.2) is 49.3 Å². The Balaban J connectivity index is 1.41. The van der Waals surface area contributed by atoms with E-state index in [-0.39, 0.29) is 18.0 Å². The number of nitrogens with zero attached hydrogens (tertiary/aromatic N) is 3. The molecule has 0 unspecified atom stereocenters. The molecule has 0 atom stereocenters. The molecule has 0 saturated heterocycles. The summed E-state index contributed by atoms with van der Waals surface area (Å²) in [6.07, 6.45) is 0. The normalized spacial score (nSPS) is 13.2. The first-order valence-electron chi connectivity index (χ1n) is 10.4. The van der Waals surface area contributed by atoms with Crippen molar-refractivity contribution < 1.29 is 17.9 Å². The highest BCUT2D eigenvalue weighted by atomic mass is 32.2. The molecule has 0 spiro atoms. The van der Waals surface area contributed by atoms with Crippen molar-refractivity contribution in [1.82, 2.24) is 19.3 Å². The number of sulfonamides is 1. The van der Waals surface area contributed by atoms with Crippen LogP contribution in [0.3, 0.4) is 0 Å². The Morgan fingerprint density at radius 1 is 1.00 bits per heavy atom. The number of nitrogens with one attached hydrogen (secondary N) is 2. The molecule has 33 heavy (non-hydrogen) atoms. The summed E-state index contributed by atoms with van der Waals surface area (Å²) in [6.45, 7) is 1.46.